The van der Waals surface area contributed by atoms with Crippen molar-refractivity contribution in [2.24, 2.45) is 5.92 Å². The minimum Gasteiger partial charge on any atom is -0.482 e. The van der Waals surface area contributed by atoms with E-state index in [9.17, 15) is 22.8 Å². The molecule has 13 heteroatoms. The van der Waals surface area contributed by atoms with E-state index in [4.69, 9.17) is 32.7 Å². The van der Waals surface area contributed by atoms with E-state index < -0.39 is 34.4 Å². The molecular formula is C36H41Cl2N3O7S. The van der Waals surface area contributed by atoms with Crippen LogP contribution in [-0.2, 0) is 31.8 Å². The molecule has 0 radical (unpaired) electrons. The Hall–Kier alpha value is -3.64. The van der Waals surface area contributed by atoms with Crippen LogP contribution in [0.3, 0.4) is 0 Å². The summed E-state index contributed by atoms with van der Waals surface area (Å²) in [6, 6.07) is 18.0. The van der Waals surface area contributed by atoms with Crippen LogP contribution in [-0.4, -0.2) is 55.9 Å². The summed E-state index contributed by atoms with van der Waals surface area (Å²) < 4.78 is 36.4. The Morgan fingerprint density at radius 3 is 2.37 bits per heavy atom. The van der Waals surface area contributed by atoms with E-state index in [2.05, 4.69) is 10.0 Å². The van der Waals surface area contributed by atoms with Gasteiger partial charge in [0, 0.05) is 34.7 Å². The first-order valence-corrected chi connectivity index (χ1v) is 18.2. The zero-order valence-corrected chi connectivity index (χ0v) is 30.0. The Kier molecular flexibility index (Phi) is 11.9. The van der Waals surface area contributed by atoms with Gasteiger partial charge in [-0.2, -0.15) is 0 Å². The number of hydrogen-bond donors (Lipinski definition) is 3. The predicted octanol–water partition coefficient (Wildman–Crippen LogP) is 5.99. The van der Waals surface area contributed by atoms with E-state index >= 15 is 0 Å². The summed E-state index contributed by atoms with van der Waals surface area (Å²) in [4.78, 5) is 42.7. The molecule has 3 aromatic rings. The van der Waals surface area contributed by atoms with Crippen LogP contribution in [0.15, 0.2) is 66.7 Å². The van der Waals surface area contributed by atoms with Crippen molar-refractivity contribution in [2.45, 2.75) is 76.6 Å². The Morgan fingerprint density at radius 2 is 1.67 bits per heavy atom. The van der Waals surface area contributed by atoms with Gasteiger partial charge in [0.2, 0.25) is 16.8 Å². The third-order valence-corrected chi connectivity index (χ3v) is 9.82. The molecule has 0 bridgehead atoms. The van der Waals surface area contributed by atoms with E-state index in [1.54, 1.807) is 92.4 Å². The molecule has 1 heterocycles. The number of esters is 1. The van der Waals surface area contributed by atoms with Crippen LogP contribution >= 0.6 is 23.2 Å². The van der Waals surface area contributed by atoms with Gasteiger partial charge in [-0.1, -0.05) is 72.4 Å². The van der Waals surface area contributed by atoms with Crippen molar-refractivity contribution in [1.29, 1.82) is 0 Å². The zero-order chi connectivity index (χ0) is 35.3. The molecule has 0 aromatic heterocycles. The fourth-order valence-electron chi connectivity index (χ4n) is 6.77. The van der Waals surface area contributed by atoms with Crippen LogP contribution in [0.2, 0.25) is 10.0 Å². The Bertz CT molecular complexity index is 1750. The molecule has 1 aliphatic carbocycles. The highest BCUT2D eigenvalue weighted by Crippen LogP contribution is 2.48. The normalized spacial score (nSPS) is 20.9. The molecule has 1 fully saturated rings. The summed E-state index contributed by atoms with van der Waals surface area (Å²) in [5.41, 5.74) is 1.76. The highest BCUT2D eigenvalue weighted by Gasteiger charge is 2.49. The van der Waals surface area contributed by atoms with Crippen LogP contribution in [0.1, 0.15) is 85.5 Å². The maximum absolute atomic E-state index is 14.4. The second-order valence-corrected chi connectivity index (χ2v) is 15.0. The molecule has 262 valence electrons. The first kappa shape index (κ1) is 36.6. The monoisotopic (exact) mass is 729 g/mol. The molecule has 0 saturated heterocycles. The predicted molar refractivity (Wildman–Crippen MR) is 188 cm³/mol. The van der Waals surface area contributed by atoms with Crippen molar-refractivity contribution in [3.63, 3.8) is 0 Å². The Balaban J connectivity index is 1.45. The molecular weight excluding hydrogens is 689 g/mol. The summed E-state index contributed by atoms with van der Waals surface area (Å²) >= 11 is 13.1. The van der Waals surface area contributed by atoms with Gasteiger partial charge in [0.05, 0.1) is 12.0 Å². The minimum absolute atomic E-state index is 0.163. The molecule has 1 saturated carbocycles. The number of ether oxygens (including phenoxy) is 2. The van der Waals surface area contributed by atoms with Gasteiger partial charge in [-0.05, 0) is 86.6 Å². The van der Waals surface area contributed by atoms with Crippen molar-refractivity contribution in [2.75, 3.05) is 13.2 Å². The molecule has 1 aliphatic heterocycles. The maximum atomic E-state index is 14.4. The first-order valence-electron chi connectivity index (χ1n) is 16.3. The highest BCUT2D eigenvalue weighted by atomic mass is 35.5. The number of fused-ring (bicyclic) bond motifs is 1. The largest absolute Gasteiger partial charge is 0.482 e. The van der Waals surface area contributed by atoms with E-state index in [0.717, 1.165) is 24.8 Å². The van der Waals surface area contributed by atoms with Crippen molar-refractivity contribution in [1.82, 2.24) is 14.9 Å². The first-order chi connectivity index (χ1) is 23.3. The molecule has 3 aromatic carbocycles. The van der Waals surface area contributed by atoms with Gasteiger partial charge in [-0.3, -0.25) is 9.59 Å². The summed E-state index contributed by atoms with van der Waals surface area (Å²) in [6.45, 7) is 5.50. The van der Waals surface area contributed by atoms with Gasteiger partial charge in [-0.15, -0.1) is 0 Å². The number of carbonyl (C=O) groups is 3. The molecule has 2 aliphatic rings. The number of rotatable bonds is 11. The summed E-state index contributed by atoms with van der Waals surface area (Å²) in [5, 5.41) is 3.81. The third kappa shape index (κ3) is 9.13. The number of hydrogen-bond acceptors (Lipinski definition) is 7. The minimum atomic E-state index is -2.82. The Morgan fingerprint density at radius 1 is 0.959 bits per heavy atom. The number of thiol groups is 1. The average Bonchev–Trinajstić information content (AvgIpc) is 3.05. The van der Waals surface area contributed by atoms with Gasteiger partial charge < -0.3 is 19.7 Å². The van der Waals surface area contributed by atoms with E-state index in [1.165, 1.54) is 0 Å². The van der Waals surface area contributed by atoms with E-state index in [-0.39, 0.29) is 43.5 Å². The van der Waals surface area contributed by atoms with Gasteiger partial charge >= 0.3 is 5.97 Å². The van der Waals surface area contributed by atoms with Crippen LogP contribution in [0.25, 0.3) is 0 Å². The van der Waals surface area contributed by atoms with Gasteiger partial charge in [-0.25, -0.2) is 17.9 Å². The van der Waals surface area contributed by atoms with E-state index in [1.807, 2.05) is 0 Å². The number of benzene rings is 3. The van der Waals surface area contributed by atoms with Gasteiger partial charge in [0.1, 0.15) is 11.4 Å². The highest BCUT2D eigenvalue weighted by molar-refractivity contribution is 7.70. The maximum Gasteiger partial charge on any atom is 0.344 e. The average molecular weight is 731 g/mol. The molecule has 0 spiro atoms. The molecule has 4 atom stereocenters. The fourth-order valence-corrected chi connectivity index (χ4v) is 7.68. The molecule has 49 heavy (non-hydrogen) atoms. The standard InChI is InChI=1S/C36H41Cl2N3O7S/c1-36(2,3)48-31(42)21-47-25-15-12-22(13-16-25)19-39-34(43)32-26-9-5-6-10-27(26)35(44)41(33(32)28-17-14-24(37)18-29(28)38)30-11-7-4-8-23(30)20-40-49(45)46/h5-6,9-10,12-18,23,30,32-33,49H,4,7-8,11,19-21H2,1-3H3,(H,39,43)(H,40,45,46)/t23?,30-,32+,33-/m0/s1. The number of nitrogens with one attached hydrogen (secondary N) is 2. The number of nitrogens with zero attached hydrogens (tertiary/aromatic N) is 1. The SMILES string of the molecule is CC(C)(C)OC(=O)COc1ccc(CNC(=O)[C@@H]2c3ccccc3C(=O)N([C@H]3CCCCC3CN[SH](=O)=O)[C@H]2c2ccc(Cl)cc2Cl)cc1. The molecule has 10 nitrogen and oxygen atoms in total. The second kappa shape index (κ2) is 15.9. The lowest BCUT2D eigenvalue weighted by molar-refractivity contribution is -0.157. The van der Waals surface area contributed by atoms with Crippen molar-refractivity contribution in [3.8, 4) is 5.75 Å². The van der Waals surface area contributed by atoms with Gasteiger partial charge in [0.15, 0.2) is 6.61 Å². The number of halogens is 2. The van der Waals surface area contributed by atoms with Crippen LogP contribution in [0.5, 0.6) is 5.75 Å². The summed E-state index contributed by atoms with van der Waals surface area (Å²) in [5.74, 6) is -1.54. The quantitative estimate of drug-likeness (QED) is 0.163. The van der Waals surface area contributed by atoms with Crippen molar-refractivity contribution >= 4 is 51.9 Å². The lowest BCUT2D eigenvalue weighted by atomic mass is 9.75. The zero-order valence-electron chi connectivity index (χ0n) is 27.6. The lowest BCUT2D eigenvalue weighted by Crippen LogP contribution is -2.55. The van der Waals surface area contributed by atoms with Gasteiger partial charge in [0.25, 0.3) is 5.91 Å². The van der Waals surface area contributed by atoms with Crippen LogP contribution < -0.4 is 14.8 Å². The smallest absolute Gasteiger partial charge is 0.344 e. The van der Waals surface area contributed by atoms with Crippen molar-refractivity contribution < 1.29 is 32.3 Å². The Labute approximate surface area is 298 Å². The number of amides is 2. The fraction of sp³-hybridized carbons (Fsp3) is 0.417. The van der Waals surface area contributed by atoms with Crippen LogP contribution in [0, 0.1) is 5.92 Å². The molecule has 1 unspecified atom stereocenters. The lowest BCUT2D eigenvalue weighted by Gasteiger charge is -2.49. The third-order valence-electron chi connectivity index (χ3n) is 8.82. The summed E-state index contributed by atoms with van der Waals surface area (Å²) in [7, 11) is -2.82. The molecule has 2 amide bonds. The van der Waals surface area contributed by atoms with E-state index in [0.29, 0.717) is 38.9 Å². The van der Waals surface area contributed by atoms with Crippen molar-refractivity contribution in [3.05, 3.63) is 99.0 Å². The molecule has 2 N–H and O–H groups in total. The number of carbonyl (C=O) groups excluding carboxylic acids is 3. The second-order valence-electron chi connectivity index (χ2n) is 13.4. The summed E-state index contributed by atoms with van der Waals surface area (Å²) in [6.07, 6.45) is 3.12. The molecule has 5 rings (SSSR count). The topological polar surface area (TPSA) is 131 Å². The van der Waals surface area contributed by atoms with Crippen LogP contribution in [0.4, 0.5) is 0 Å².